The quantitative estimate of drug-likeness (QED) is 0.809. The molecule has 2 aromatic rings. The largest absolute Gasteiger partial charge is 0.282 e. The smallest absolute Gasteiger partial charge is 0.0923 e. The lowest BCUT2D eigenvalue weighted by atomic mass is 10.1. The summed E-state index contributed by atoms with van der Waals surface area (Å²) in [5, 5.41) is 7.40. The van der Waals surface area contributed by atoms with Crippen molar-refractivity contribution in [3.63, 3.8) is 0 Å². The van der Waals surface area contributed by atoms with Gasteiger partial charge in [-0.05, 0) is 18.4 Å². The second-order valence-corrected chi connectivity index (χ2v) is 4.24. The number of benzene rings is 1. The summed E-state index contributed by atoms with van der Waals surface area (Å²) in [5.41, 5.74) is 3.42. The number of nitrogens with one attached hydrogen (secondary N) is 1. The van der Waals surface area contributed by atoms with E-state index in [1.165, 1.54) is 11.3 Å². The van der Waals surface area contributed by atoms with E-state index < -0.39 is 0 Å². The highest BCUT2D eigenvalue weighted by atomic mass is 15.1. The molecule has 1 aromatic carbocycles. The predicted molar refractivity (Wildman–Crippen MR) is 62.6 cm³/mol. The van der Waals surface area contributed by atoms with Crippen molar-refractivity contribution in [3.8, 4) is 11.3 Å². The van der Waals surface area contributed by atoms with Crippen molar-refractivity contribution in [2.75, 3.05) is 0 Å². The summed E-state index contributed by atoms with van der Waals surface area (Å²) in [4.78, 5) is 0. The first-order valence-corrected chi connectivity index (χ1v) is 5.35. The Morgan fingerprint density at radius 2 is 1.93 bits per heavy atom. The number of aromatic nitrogens is 2. The molecule has 2 nitrogen and oxygen atoms in total. The van der Waals surface area contributed by atoms with Gasteiger partial charge in [0.25, 0.3) is 0 Å². The van der Waals surface area contributed by atoms with Crippen molar-refractivity contribution in [2.24, 2.45) is 5.92 Å². The number of H-pyrrole nitrogens is 1. The lowest BCUT2D eigenvalue weighted by Gasteiger charge is -1.99. The molecule has 0 radical (unpaired) electrons. The molecular formula is C13H16N2. The zero-order valence-electron chi connectivity index (χ0n) is 9.20. The number of nitrogens with zero attached hydrogens (tertiary/aromatic N) is 1. The number of rotatable bonds is 3. The van der Waals surface area contributed by atoms with E-state index in [4.69, 9.17) is 0 Å². The molecule has 1 heterocycles. The molecule has 0 saturated carbocycles. The first kappa shape index (κ1) is 9.97. The SMILES string of the molecule is CC(C)Cc1cc(-c2ccccc2)n[nH]1. The minimum absolute atomic E-state index is 0.661. The van der Waals surface area contributed by atoms with Crippen molar-refractivity contribution in [1.29, 1.82) is 0 Å². The molecule has 15 heavy (non-hydrogen) atoms. The second-order valence-electron chi connectivity index (χ2n) is 4.24. The molecule has 78 valence electrons. The molecule has 0 bridgehead atoms. The summed E-state index contributed by atoms with van der Waals surface area (Å²) < 4.78 is 0. The molecular weight excluding hydrogens is 184 g/mol. The van der Waals surface area contributed by atoms with Gasteiger partial charge in [0.1, 0.15) is 0 Å². The van der Waals surface area contributed by atoms with Crippen LogP contribution in [0.15, 0.2) is 36.4 Å². The van der Waals surface area contributed by atoms with E-state index in [0.717, 1.165) is 12.1 Å². The van der Waals surface area contributed by atoms with Crippen LogP contribution in [0.25, 0.3) is 11.3 Å². The summed E-state index contributed by atoms with van der Waals surface area (Å²) in [6.45, 7) is 4.42. The standard InChI is InChI=1S/C13H16N2/c1-10(2)8-12-9-13(15-14-12)11-6-4-3-5-7-11/h3-7,9-10H,8H2,1-2H3,(H,14,15). The van der Waals surface area contributed by atoms with E-state index in [1.807, 2.05) is 18.2 Å². The van der Waals surface area contributed by atoms with Gasteiger partial charge in [0.15, 0.2) is 0 Å². The highest BCUT2D eigenvalue weighted by molar-refractivity contribution is 5.58. The van der Waals surface area contributed by atoms with Gasteiger partial charge in [-0.25, -0.2) is 0 Å². The Kier molecular flexibility index (Phi) is 2.86. The van der Waals surface area contributed by atoms with Crippen LogP contribution in [-0.2, 0) is 6.42 Å². The number of hydrogen-bond donors (Lipinski definition) is 1. The van der Waals surface area contributed by atoms with Gasteiger partial charge in [0, 0.05) is 11.3 Å². The maximum Gasteiger partial charge on any atom is 0.0923 e. The average molecular weight is 200 g/mol. The Morgan fingerprint density at radius 1 is 1.20 bits per heavy atom. The van der Waals surface area contributed by atoms with Gasteiger partial charge >= 0.3 is 0 Å². The van der Waals surface area contributed by atoms with Crippen LogP contribution in [0.2, 0.25) is 0 Å². The summed E-state index contributed by atoms with van der Waals surface area (Å²) in [5.74, 6) is 0.661. The molecule has 0 aliphatic rings. The molecule has 0 saturated heterocycles. The molecule has 0 fully saturated rings. The van der Waals surface area contributed by atoms with E-state index in [2.05, 4.69) is 42.2 Å². The fourth-order valence-corrected chi connectivity index (χ4v) is 1.66. The molecule has 0 atom stereocenters. The van der Waals surface area contributed by atoms with Crippen LogP contribution in [0, 0.1) is 5.92 Å². The van der Waals surface area contributed by atoms with Crippen molar-refractivity contribution in [3.05, 3.63) is 42.1 Å². The van der Waals surface area contributed by atoms with Crippen LogP contribution >= 0.6 is 0 Å². The highest BCUT2D eigenvalue weighted by Gasteiger charge is 2.04. The van der Waals surface area contributed by atoms with Crippen molar-refractivity contribution in [1.82, 2.24) is 10.2 Å². The van der Waals surface area contributed by atoms with E-state index in [0.29, 0.717) is 5.92 Å². The Labute approximate surface area is 90.3 Å². The Morgan fingerprint density at radius 3 is 2.60 bits per heavy atom. The van der Waals surface area contributed by atoms with Crippen LogP contribution in [0.4, 0.5) is 0 Å². The summed E-state index contributed by atoms with van der Waals surface area (Å²) >= 11 is 0. The summed E-state index contributed by atoms with van der Waals surface area (Å²) in [6, 6.07) is 12.4. The van der Waals surface area contributed by atoms with Gasteiger partial charge in [-0.1, -0.05) is 44.2 Å². The van der Waals surface area contributed by atoms with Gasteiger partial charge < -0.3 is 0 Å². The molecule has 0 aliphatic heterocycles. The highest BCUT2D eigenvalue weighted by Crippen LogP contribution is 2.18. The van der Waals surface area contributed by atoms with Crippen molar-refractivity contribution < 1.29 is 0 Å². The summed E-state index contributed by atoms with van der Waals surface area (Å²) in [6.07, 6.45) is 1.06. The van der Waals surface area contributed by atoms with E-state index >= 15 is 0 Å². The number of hydrogen-bond acceptors (Lipinski definition) is 1. The van der Waals surface area contributed by atoms with Gasteiger partial charge in [0.2, 0.25) is 0 Å². The predicted octanol–water partition coefficient (Wildman–Crippen LogP) is 3.28. The second kappa shape index (κ2) is 4.30. The molecule has 1 aromatic heterocycles. The van der Waals surface area contributed by atoms with Gasteiger partial charge in [-0.3, -0.25) is 5.10 Å². The van der Waals surface area contributed by atoms with Crippen LogP contribution < -0.4 is 0 Å². The monoisotopic (exact) mass is 200 g/mol. The molecule has 0 amide bonds. The summed E-state index contributed by atoms with van der Waals surface area (Å²) in [7, 11) is 0. The molecule has 2 rings (SSSR count). The maximum absolute atomic E-state index is 4.31. The zero-order valence-corrected chi connectivity index (χ0v) is 9.20. The van der Waals surface area contributed by atoms with E-state index in [1.54, 1.807) is 0 Å². The molecule has 1 N–H and O–H groups in total. The van der Waals surface area contributed by atoms with Crippen molar-refractivity contribution in [2.45, 2.75) is 20.3 Å². The van der Waals surface area contributed by atoms with Gasteiger partial charge in [-0.2, -0.15) is 5.10 Å². The molecule has 0 unspecified atom stereocenters. The third-order valence-electron chi connectivity index (χ3n) is 2.33. The Bertz CT molecular complexity index is 415. The van der Waals surface area contributed by atoms with Crippen molar-refractivity contribution >= 4 is 0 Å². The molecule has 2 heteroatoms. The topological polar surface area (TPSA) is 28.7 Å². The molecule has 0 spiro atoms. The van der Waals surface area contributed by atoms with Crippen LogP contribution in [0.3, 0.4) is 0 Å². The fourth-order valence-electron chi connectivity index (χ4n) is 1.66. The minimum Gasteiger partial charge on any atom is -0.282 e. The van der Waals surface area contributed by atoms with E-state index in [9.17, 15) is 0 Å². The Balaban J connectivity index is 2.21. The molecule has 0 aliphatic carbocycles. The minimum atomic E-state index is 0.661. The van der Waals surface area contributed by atoms with Crippen LogP contribution in [-0.4, -0.2) is 10.2 Å². The first-order valence-electron chi connectivity index (χ1n) is 5.35. The zero-order chi connectivity index (χ0) is 10.7. The maximum atomic E-state index is 4.31. The van der Waals surface area contributed by atoms with E-state index in [-0.39, 0.29) is 0 Å². The van der Waals surface area contributed by atoms with Crippen LogP contribution in [0.1, 0.15) is 19.5 Å². The fraction of sp³-hybridized carbons (Fsp3) is 0.308. The van der Waals surface area contributed by atoms with Crippen LogP contribution in [0.5, 0.6) is 0 Å². The lowest BCUT2D eigenvalue weighted by Crippen LogP contribution is -1.93. The average Bonchev–Trinajstić information content (AvgIpc) is 2.67. The lowest BCUT2D eigenvalue weighted by molar-refractivity contribution is 0.633. The number of aromatic amines is 1. The third kappa shape index (κ3) is 2.46. The Hall–Kier alpha value is -1.57. The third-order valence-corrected chi connectivity index (χ3v) is 2.33. The van der Waals surface area contributed by atoms with Gasteiger partial charge in [-0.15, -0.1) is 0 Å². The van der Waals surface area contributed by atoms with Gasteiger partial charge in [0.05, 0.1) is 5.69 Å². The normalized spacial score (nSPS) is 10.9. The first-order chi connectivity index (χ1) is 7.25.